The summed E-state index contributed by atoms with van der Waals surface area (Å²) in [4.78, 5) is 38.0. The van der Waals surface area contributed by atoms with Crippen LogP contribution in [0, 0.1) is 10.8 Å². The molecule has 34 heavy (non-hydrogen) atoms. The van der Waals surface area contributed by atoms with E-state index in [9.17, 15) is 14.5 Å². The highest BCUT2D eigenvalue weighted by atomic mass is 16.5. The quantitative estimate of drug-likeness (QED) is 0.473. The molecule has 182 valence electrons. The molecule has 1 aliphatic heterocycles. The van der Waals surface area contributed by atoms with Crippen molar-refractivity contribution in [2.75, 3.05) is 24.6 Å². The van der Waals surface area contributed by atoms with Crippen LogP contribution in [-0.4, -0.2) is 31.5 Å². The smallest absolute Gasteiger partial charge is 0.320 e. The molecule has 7 nitrogen and oxygen atoms in total. The van der Waals surface area contributed by atoms with Gasteiger partial charge in [-0.05, 0) is 67.9 Å². The van der Waals surface area contributed by atoms with Gasteiger partial charge >= 0.3 is 5.91 Å². The summed E-state index contributed by atoms with van der Waals surface area (Å²) in [5, 5.41) is 5.74. The number of carbonyl (C=O) groups is 2. The third kappa shape index (κ3) is 6.65. The van der Waals surface area contributed by atoms with E-state index in [-0.39, 0.29) is 29.7 Å². The zero-order valence-electron chi connectivity index (χ0n) is 20.4. The van der Waals surface area contributed by atoms with Gasteiger partial charge in [-0.3, -0.25) is 9.59 Å². The monoisotopic (exact) mass is 465 g/mol. The van der Waals surface area contributed by atoms with E-state index in [0.29, 0.717) is 18.1 Å². The van der Waals surface area contributed by atoms with Gasteiger partial charge in [0.15, 0.2) is 0 Å². The Hall–Kier alpha value is -3.22. The molecule has 0 spiro atoms. The SMILES string of the molecule is CCOc1cc(CC(=O)NC(CC(C)C)c2ccccc2N2CCCCC2)ccc1C(=O)N=O. The number of anilines is 1. The molecule has 1 fully saturated rings. The van der Waals surface area contributed by atoms with Crippen LogP contribution in [-0.2, 0) is 11.2 Å². The second kappa shape index (κ2) is 12.3. The van der Waals surface area contributed by atoms with E-state index < -0.39 is 5.91 Å². The molecule has 0 saturated carbocycles. The molecule has 7 heteroatoms. The fraction of sp³-hybridized carbons (Fsp3) is 0.481. The van der Waals surface area contributed by atoms with Crippen LogP contribution in [0.2, 0.25) is 0 Å². The Balaban J connectivity index is 1.80. The molecule has 1 unspecified atom stereocenters. The first-order valence-corrected chi connectivity index (χ1v) is 12.2. The lowest BCUT2D eigenvalue weighted by Gasteiger charge is -2.33. The highest BCUT2D eigenvalue weighted by Gasteiger charge is 2.23. The van der Waals surface area contributed by atoms with Gasteiger partial charge in [-0.15, -0.1) is 4.91 Å². The maximum Gasteiger partial charge on any atom is 0.320 e. The second-order valence-corrected chi connectivity index (χ2v) is 9.19. The molecular weight excluding hydrogens is 430 g/mol. The molecule has 2 aromatic carbocycles. The highest BCUT2D eigenvalue weighted by molar-refractivity contribution is 5.97. The maximum atomic E-state index is 13.1. The fourth-order valence-corrected chi connectivity index (χ4v) is 4.55. The number of piperidine rings is 1. The van der Waals surface area contributed by atoms with Crippen molar-refractivity contribution in [1.82, 2.24) is 5.32 Å². The van der Waals surface area contributed by atoms with E-state index in [1.165, 1.54) is 31.0 Å². The van der Waals surface area contributed by atoms with Crippen molar-refractivity contribution in [2.24, 2.45) is 11.1 Å². The predicted octanol–water partition coefficient (Wildman–Crippen LogP) is 5.43. The lowest BCUT2D eigenvalue weighted by Crippen LogP contribution is -2.34. The van der Waals surface area contributed by atoms with Crippen molar-refractivity contribution in [1.29, 1.82) is 0 Å². The van der Waals surface area contributed by atoms with Crippen LogP contribution >= 0.6 is 0 Å². The molecule has 1 saturated heterocycles. The molecule has 2 aromatic rings. The molecule has 1 aliphatic rings. The van der Waals surface area contributed by atoms with Gasteiger partial charge in [0.25, 0.3) is 0 Å². The van der Waals surface area contributed by atoms with E-state index in [1.807, 2.05) is 6.07 Å². The van der Waals surface area contributed by atoms with Gasteiger partial charge in [0.05, 0.1) is 24.6 Å². The Kier molecular flexibility index (Phi) is 9.19. The first-order chi connectivity index (χ1) is 16.4. The summed E-state index contributed by atoms with van der Waals surface area (Å²) in [5.74, 6) is -0.308. The van der Waals surface area contributed by atoms with E-state index in [0.717, 1.165) is 25.1 Å². The van der Waals surface area contributed by atoms with Crippen molar-refractivity contribution < 1.29 is 14.3 Å². The number of carbonyl (C=O) groups excluding carboxylic acids is 2. The van der Waals surface area contributed by atoms with Crippen LogP contribution in [0.5, 0.6) is 5.75 Å². The number of amides is 2. The molecule has 0 aliphatic carbocycles. The predicted molar refractivity (Wildman–Crippen MR) is 134 cm³/mol. The summed E-state index contributed by atoms with van der Waals surface area (Å²) in [6.07, 6.45) is 4.62. The minimum atomic E-state index is -0.884. The Bertz CT molecular complexity index is 999. The van der Waals surface area contributed by atoms with Crippen molar-refractivity contribution in [3.05, 3.63) is 64.1 Å². The Morgan fingerprint density at radius 1 is 1.09 bits per heavy atom. The van der Waals surface area contributed by atoms with Crippen LogP contribution in [0.1, 0.15) is 74.0 Å². The van der Waals surface area contributed by atoms with Gasteiger partial charge in [-0.2, -0.15) is 0 Å². The molecule has 2 amide bonds. The number of rotatable bonds is 10. The number of benzene rings is 2. The topological polar surface area (TPSA) is 88.1 Å². The van der Waals surface area contributed by atoms with E-state index >= 15 is 0 Å². The van der Waals surface area contributed by atoms with E-state index in [2.05, 4.69) is 47.4 Å². The van der Waals surface area contributed by atoms with Gasteiger partial charge in [0.1, 0.15) is 5.75 Å². The van der Waals surface area contributed by atoms with Gasteiger partial charge < -0.3 is 15.0 Å². The third-order valence-electron chi connectivity index (χ3n) is 6.08. The van der Waals surface area contributed by atoms with Crippen LogP contribution in [0.15, 0.2) is 47.6 Å². The summed E-state index contributed by atoms with van der Waals surface area (Å²) in [6.45, 7) is 8.53. The normalized spacial score (nSPS) is 14.5. The first-order valence-electron chi connectivity index (χ1n) is 12.2. The summed E-state index contributed by atoms with van der Waals surface area (Å²) >= 11 is 0. The summed E-state index contributed by atoms with van der Waals surface area (Å²) in [6, 6.07) is 13.1. The molecule has 0 aromatic heterocycles. The van der Waals surface area contributed by atoms with Crippen molar-refractivity contribution in [3.8, 4) is 5.75 Å². The largest absolute Gasteiger partial charge is 0.493 e. The van der Waals surface area contributed by atoms with Crippen molar-refractivity contribution >= 4 is 17.5 Å². The number of nitrogens with one attached hydrogen (secondary N) is 1. The van der Waals surface area contributed by atoms with Crippen LogP contribution in [0.25, 0.3) is 0 Å². The Labute approximate surface area is 201 Å². The first kappa shape index (κ1) is 25.4. The minimum Gasteiger partial charge on any atom is -0.493 e. The average molecular weight is 466 g/mol. The molecule has 0 radical (unpaired) electrons. The molecule has 1 N–H and O–H groups in total. The zero-order chi connectivity index (χ0) is 24.5. The van der Waals surface area contributed by atoms with Gasteiger partial charge in [-0.1, -0.05) is 38.1 Å². The Morgan fingerprint density at radius 2 is 1.82 bits per heavy atom. The van der Waals surface area contributed by atoms with Crippen LogP contribution in [0.3, 0.4) is 0 Å². The second-order valence-electron chi connectivity index (χ2n) is 9.19. The number of ether oxygens (including phenoxy) is 1. The van der Waals surface area contributed by atoms with Crippen LogP contribution in [0.4, 0.5) is 5.69 Å². The van der Waals surface area contributed by atoms with Crippen molar-refractivity contribution in [3.63, 3.8) is 0 Å². The number of nitrogens with zero attached hydrogens (tertiary/aromatic N) is 2. The van der Waals surface area contributed by atoms with E-state index in [4.69, 9.17) is 4.74 Å². The molecule has 3 rings (SSSR count). The summed E-state index contributed by atoms with van der Waals surface area (Å²) in [7, 11) is 0. The van der Waals surface area contributed by atoms with Gasteiger partial charge in [-0.25, -0.2) is 0 Å². The molecule has 1 heterocycles. The lowest BCUT2D eigenvalue weighted by atomic mass is 9.94. The van der Waals surface area contributed by atoms with Gasteiger partial charge in [0, 0.05) is 24.0 Å². The minimum absolute atomic E-state index is 0.0999. The average Bonchev–Trinajstić information content (AvgIpc) is 2.84. The number of hydrogen-bond donors (Lipinski definition) is 1. The summed E-state index contributed by atoms with van der Waals surface area (Å²) in [5.41, 5.74) is 3.17. The molecule has 0 bridgehead atoms. The number of hydrogen-bond acceptors (Lipinski definition) is 5. The Morgan fingerprint density at radius 3 is 2.50 bits per heavy atom. The van der Waals surface area contributed by atoms with Crippen LogP contribution < -0.4 is 15.0 Å². The fourth-order valence-electron chi connectivity index (χ4n) is 4.55. The number of nitroso groups, excluding NO2 is 1. The van der Waals surface area contributed by atoms with E-state index in [1.54, 1.807) is 19.1 Å². The van der Waals surface area contributed by atoms with Gasteiger partial charge in [0.2, 0.25) is 5.91 Å². The highest BCUT2D eigenvalue weighted by Crippen LogP contribution is 2.32. The zero-order valence-corrected chi connectivity index (χ0v) is 20.4. The number of para-hydroxylation sites is 1. The molecular formula is C27H35N3O4. The van der Waals surface area contributed by atoms with Crippen molar-refractivity contribution in [2.45, 2.75) is 58.9 Å². The maximum absolute atomic E-state index is 13.1. The standard InChI is InChI=1S/C27H35N3O4/c1-4-34-25-17-20(12-13-22(25)27(32)29-33)18-26(31)28-23(16-19(2)3)21-10-6-7-11-24(21)30-14-8-5-9-15-30/h6-7,10-13,17,19,23H,4-5,8-9,14-16,18H2,1-3H3,(H,28,31). The third-order valence-corrected chi connectivity index (χ3v) is 6.08. The molecule has 1 atom stereocenters. The lowest BCUT2D eigenvalue weighted by molar-refractivity contribution is -0.121. The summed E-state index contributed by atoms with van der Waals surface area (Å²) < 4.78 is 5.51.